The van der Waals surface area contributed by atoms with Crippen molar-refractivity contribution in [1.29, 1.82) is 0 Å². The molecule has 0 unspecified atom stereocenters. The van der Waals surface area contributed by atoms with Crippen LogP contribution >= 0.6 is 0 Å². The molecule has 3 nitrogen and oxygen atoms in total. The number of hydrogen-bond donors (Lipinski definition) is 1. The zero-order chi connectivity index (χ0) is 15.6. The Balaban J connectivity index is 2.23. The summed E-state index contributed by atoms with van der Waals surface area (Å²) in [5.74, 6) is 0. The fourth-order valence-corrected chi connectivity index (χ4v) is 3.04. The van der Waals surface area contributed by atoms with Crippen LogP contribution in [-0.4, -0.2) is 14.7 Å². The summed E-state index contributed by atoms with van der Waals surface area (Å²) in [5, 5.41) is 3.33. The summed E-state index contributed by atoms with van der Waals surface area (Å²) in [4.78, 5) is 0.344. The third kappa shape index (κ3) is 4.08. The second-order valence-corrected chi connectivity index (χ2v) is 7.61. The molecule has 0 aliphatic carbocycles. The molecule has 4 heteroatoms. The van der Waals surface area contributed by atoms with Gasteiger partial charge in [-0.2, -0.15) is 0 Å². The molecule has 0 amide bonds. The molecule has 0 bridgehead atoms. The highest BCUT2D eigenvalue weighted by Crippen LogP contribution is 2.21. The smallest absolute Gasteiger partial charge is 0.175 e. The van der Waals surface area contributed by atoms with E-state index < -0.39 is 9.84 Å². The van der Waals surface area contributed by atoms with Gasteiger partial charge in [0.25, 0.3) is 0 Å². The van der Waals surface area contributed by atoms with Crippen LogP contribution in [0, 0.1) is 20.8 Å². The Bertz CT molecular complexity index is 744. The lowest BCUT2D eigenvalue weighted by Gasteiger charge is -2.12. The average molecular weight is 303 g/mol. The van der Waals surface area contributed by atoms with Crippen molar-refractivity contribution in [2.24, 2.45) is 0 Å². The number of hydrogen-bond acceptors (Lipinski definition) is 3. The fourth-order valence-electron chi connectivity index (χ4n) is 2.39. The van der Waals surface area contributed by atoms with Crippen molar-refractivity contribution in [3.8, 4) is 0 Å². The monoisotopic (exact) mass is 303 g/mol. The van der Waals surface area contributed by atoms with Gasteiger partial charge in [-0.1, -0.05) is 35.4 Å². The molecular weight excluding hydrogens is 282 g/mol. The van der Waals surface area contributed by atoms with Crippen molar-refractivity contribution in [1.82, 2.24) is 0 Å². The summed E-state index contributed by atoms with van der Waals surface area (Å²) in [7, 11) is -3.18. The van der Waals surface area contributed by atoms with Crippen LogP contribution in [0.4, 0.5) is 5.69 Å². The molecule has 0 saturated carbocycles. The molecule has 0 saturated heterocycles. The molecule has 0 fully saturated rings. The molecule has 0 radical (unpaired) electrons. The molecule has 0 atom stereocenters. The van der Waals surface area contributed by atoms with E-state index in [0.717, 1.165) is 11.3 Å². The largest absolute Gasteiger partial charge is 0.381 e. The van der Waals surface area contributed by atoms with Crippen molar-refractivity contribution in [3.05, 3.63) is 58.7 Å². The maximum atomic E-state index is 11.6. The highest BCUT2D eigenvalue weighted by Gasteiger charge is 2.09. The lowest BCUT2D eigenvalue weighted by Crippen LogP contribution is -2.04. The van der Waals surface area contributed by atoms with Gasteiger partial charge in [-0.05, 0) is 44.0 Å². The number of sulfone groups is 1. The van der Waals surface area contributed by atoms with Crippen molar-refractivity contribution in [2.75, 3.05) is 11.6 Å². The highest BCUT2D eigenvalue weighted by molar-refractivity contribution is 7.90. The van der Waals surface area contributed by atoms with Gasteiger partial charge in [0.05, 0.1) is 4.90 Å². The minimum Gasteiger partial charge on any atom is -0.381 e. The summed E-state index contributed by atoms with van der Waals surface area (Å²) >= 11 is 0. The van der Waals surface area contributed by atoms with E-state index in [0.29, 0.717) is 11.4 Å². The Morgan fingerprint density at radius 1 is 0.952 bits per heavy atom. The number of nitrogens with one attached hydrogen (secondary N) is 1. The number of benzene rings is 2. The number of aryl methyl sites for hydroxylation is 3. The Labute approximate surface area is 126 Å². The van der Waals surface area contributed by atoms with Gasteiger partial charge < -0.3 is 5.32 Å². The molecule has 2 aromatic rings. The van der Waals surface area contributed by atoms with E-state index in [9.17, 15) is 8.42 Å². The zero-order valence-electron chi connectivity index (χ0n) is 12.9. The molecule has 0 aromatic heterocycles. The summed E-state index contributed by atoms with van der Waals surface area (Å²) in [6.07, 6.45) is 1.23. The standard InChI is InChI=1S/C17H21NO2S/c1-12-7-13(2)9-15(8-12)11-18-17-10-16(21(4,19)20)6-5-14(17)3/h5-10,18H,11H2,1-4H3. The van der Waals surface area contributed by atoms with Crippen LogP contribution in [0.15, 0.2) is 41.3 Å². The first kappa shape index (κ1) is 15.6. The molecule has 0 heterocycles. The van der Waals surface area contributed by atoms with Crippen LogP contribution in [-0.2, 0) is 16.4 Å². The Morgan fingerprint density at radius 3 is 2.14 bits per heavy atom. The number of anilines is 1. The van der Waals surface area contributed by atoms with Crippen molar-refractivity contribution in [2.45, 2.75) is 32.2 Å². The van der Waals surface area contributed by atoms with E-state index in [1.165, 1.54) is 22.9 Å². The molecule has 1 N–H and O–H groups in total. The van der Waals surface area contributed by atoms with Crippen LogP contribution in [0.2, 0.25) is 0 Å². The molecule has 21 heavy (non-hydrogen) atoms. The van der Waals surface area contributed by atoms with Gasteiger partial charge in [0.2, 0.25) is 0 Å². The fraction of sp³-hybridized carbons (Fsp3) is 0.294. The molecule has 0 aliphatic heterocycles. The lowest BCUT2D eigenvalue weighted by atomic mass is 10.1. The summed E-state index contributed by atoms with van der Waals surface area (Å²) < 4.78 is 23.3. The third-order valence-corrected chi connectivity index (χ3v) is 4.51. The van der Waals surface area contributed by atoms with Gasteiger partial charge in [0.1, 0.15) is 0 Å². The molecule has 112 valence electrons. The van der Waals surface area contributed by atoms with Gasteiger partial charge in [-0.15, -0.1) is 0 Å². The SMILES string of the molecule is Cc1cc(C)cc(CNc2cc(S(C)(=O)=O)ccc2C)c1. The summed E-state index contributed by atoms with van der Waals surface area (Å²) in [5.41, 5.74) is 5.54. The molecule has 2 aromatic carbocycles. The van der Waals surface area contributed by atoms with E-state index in [1.807, 2.05) is 13.0 Å². The van der Waals surface area contributed by atoms with Gasteiger partial charge in [-0.3, -0.25) is 0 Å². The molecular formula is C17H21NO2S. The minimum atomic E-state index is -3.18. The van der Waals surface area contributed by atoms with Crippen molar-refractivity contribution in [3.63, 3.8) is 0 Å². The van der Waals surface area contributed by atoms with Gasteiger partial charge in [0.15, 0.2) is 9.84 Å². The third-order valence-electron chi connectivity index (χ3n) is 3.40. The summed E-state index contributed by atoms with van der Waals surface area (Å²) in [6, 6.07) is 11.6. The van der Waals surface area contributed by atoms with E-state index in [4.69, 9.17) is 0 Å². The highest BCUT2D eigenvalue weighted by atomic mass is 32.2. The first-order valence-corrected chi connectivity index (χ1v) is 8.76. The molecule has 0 aliphatic rings. The Kier molecular flexibility index (Phi) is 4.37. The van der Waals surface area contributed by atoms with Crippen LogP contribution in [0.1, 0.15) is 22.3 Å². The number of rotatable bonds is 4. The zero-order valence-corrected chi connectivity index (χ0v) is 13.7. The predicted molar refractivity (Wildman–Crippen MR) is 87.5 cm³/mol. The van der Waals surface area contributed by atoms with Crippen LogP contribution < -0.4 is 5.32 Å². The molecule has 0 spiro atoms. The second-order valence-electron chi connectivity index (χ2n) is 5.60. The van der Waals surface area contributed by atoms with Crippen molar-refractivity contribution < 1.29 is 8.42 Å². The van der Waals surface area contributed by atoms with E-state index in [-0.39, 0.29) is 0 Å². The average Bonchev–Trinajstić information content (AvgIpc) is 2.35. The predicted octanol–water partition coefficient (Wildman–Crippen LogP) is 3.63. The maximum absolute atomic E-state index is 11.6. The maximum Gasteiger partial charge on any atom is 0.175 e. The topological polar surface area (TPSA) is 46.2 Å². The van der Waals surface area contributed by atoms with E-state index >= 15 is 0 Å². The van der Waals surface area contributed by atoms with Crippen molar-refractivity contribution >= 4 is 15.5 Å². The Morgan fingerprint density at radius 2 is 1.57 bits per heavy atom. The van der Waals surface area contributed by atoms with Crippen LogP contribution in [0.25, 0.3) is 0 Å². The van der Waals surface area contributed by atoms with Gasteiger partial charge in [-0.25, -0.2) is 8.42 Å². The minimum absolute atomic E-state index is 0.344. The van der Waals surface area contributed by atoms with Gasteiger partial charge >= 0.3 is 0 Å². The second kappa shape index (κ2) is 5.90. The molecule has 2 rings (SSSR count). The first-order valence-electron chi connectivity index (χ1n) is 6.87. The lowest BCUT2D eigenvalue weighted by molar-refractivity contribution is 0.602. The normalized spacial score (nSPS) is 11.4. The summed E-state index contributed by atoms with van der Waals surface area (Å²) in [6.45, 7) is 6.80. The van der Waals surface area contributed by atoms with Crippen LogP contribution in [0.5, 0.6) is 0 Å². The van der Waals surface area contributed by atoms with E-state index in [2.05, 4.69) is 37.4 Å². The van der Waals surface area contributed by atoms with Crippen LogP contribution in [0.3, 0.4) is 0 Å². The van der Waals surface area contributed by atoms with Gasteiger partial charge in [0, 0.05) is 18.5 Å². The first-order chi connectivity index (χ1) is 9.75. The Hall–Kier alpha value is -1.81. The quantitative estimate of drug-likeness (QED) is 0.938. The van der Waals surface area contributed by atoms with E-state index in [1.54, 1.807) is 12.1 Å².